The lowest BCUT2D eigenvalue weighted by Gasteiger charge is -2.26. The van der Waals surface area contributed by atoms with Gasteiger partial charge >= 0.3 is 0 Å². The molecule has 7 aromatic carbocycles. The first-order valence-corrected chi connectivity index (χ1v) is 17.9. The van der Waals surface area contributed by atoms with Crippen LogP contribution < -0.4 is 0 Å². The van der Waals surface area contributed by atoms with E-state index in [1.54, 1.807) is 0 Å². The molecule has 0 N–H and O–H groups in total. The summed E-state index contributed by atoms with van der Waals surface area (Å²) in [6.07, 6.45) is 17.0. The summed E-state index contributed by atoms with van der Waals surface area (Å²) in [5.41, 5.74) is 14.3. The molecule has 0 radical (unpaired) electrons. The molecular formula is C50H38. The molecule has 50 heavy (non-hydrogen) atoms. The van der Waals surface area contributed by atoms with E-state index in [0.717, 1.165) is 19.3 Å². The highest BCUT2D eigenvalue weighted by Gasteiger charge is 2.24. The third-order valence-electron chi connectivity index (χ3n) is 10.5. The minimum atomic E-state index is 0.332. The molecule has 0 fully saturated rings. The Kier molecular flexibility index (Phi) is 7.91. The smallest absolute Gasteiger partial charge is 0.0127 e. The molecule has 1 atom stereocenters. The molecule has 238 valence electrons. The normalized spacial score (nSPS) is 15.6. The molecule has 0 heterocycles. The van der Waals surface area contributed by atoms with E-state index in [4.69, 9.17) is 0 Å². The van der Waals surface area contributed by atoms with Crippen LogP contribution in [0.3, 0.4) is 0 Å². The van der Waals surface area contributed by atoms with Crippen LogP contribution in [0.5, 0.6) is 0 Å². The Bertz CT molecular complexity index is 2470. The van der Waals surface area contributed by atoms with E-state index in [1.165, 1.54) is 82.8 Å². The number of hydrogen-bond acceptors (Lipinski definition) is 0. The van der Waals surface area contributed by atoms with Crippen LogP contribution >= 0.6 is 0 Å². The maximum Gasteiger partial charge on any atom is 0.0127 e. The summed E-state index contributed by atoms with van der Waals surface area (Å²) < 4.78 is 0. The van der Waals surface area contributed by atoms with E-state index in [-0.39, 0.29) is 0 Å². The zero-order chi connectivity index (χ0) is 33.3. The van der Waals surface area contributed by atoms with Crippen molar-refractivity contribution in [3.8, 4) is 44.5 Å². The summed E-state index contributed by atoms with van der Waals surface area (Å²) in [7, 11) is 0. The van der Waals surface area contributed by atoms with Crippen molar-refractivity contribution in [2.45, 2.75) is 25.2 Å². The van der Waals surface area contributed by atoms with Crippen molar-refractivity contribution in [1.82, 2.24) is 0 Å². The van der Waals surface area contributed by atoms with Gasteiger partial charge in [0.15, 0.2) is 0 Å². The van der Waals surface area contributed by atoms with Crippen LogP contribution in [0, 0.1) is 0 Å². The molecule has 0 aromatic heterocycles. The van der Waals surface area contributed by atoms with Crippen LogP contribution in [0.15, 0.2) is 199 Å². The molecule has 7 aromatic rings. The van der Waals surface area contributed by atoms with E-state index in [1.807, 2.05) is 0 Å². The van der Waals surface area contributed by atoms with Gasteiger partial charge in [0, 0.05) is 5.92 Å². The molecule has 1 unspecified atom stereocenters. The molecule has 0 saturated heterocycles. The molecule has 0 nitrogen and oxygen atoms in total. The van der Waals surface area contributed by atoms with E-state index in [2.05, 4.69) is 188 Å². The predicted molar refractivity (Wildman–Crippen MR) is 214 cm³/mol. The Labute approximate surface area is 295 Å². The monoisotopic (exact) mass is 638 g/mol. The third kappa shape index (κ3) is 5.44. The first kappa shape index (κ1) is 30.1. The topological polar surface area (TPSA) is 0 Å². The molecule has 0 aliphatic heterocycles. The number of benzene rings is 7. The summed E-state index contributed by atoms with van der Waals surface area (Å²) in [5, 5.41) is 5.15. The fourth-order valence-corrected chi connectivity index (χ4v) is 8.19. The molecule has 0 bridgehead atoms. The molecule has 0 amide bonds. The first-order valence-electron chi connectivity index (χ1n) is 17.9. The van der Waals surface area contributed by atoms with Crippen LogP contribution in [-0.2, 0) is 0 Å². The summed E-state index contributed by atoms with van der Waals surface area (Å²) in [6.45, 7) is 0. The summed E-state index contributed by atoms with van der Waals surface area (Å²) >= 11 is 0. The van der Waals surface area contributed by atoms with Gasteiger partial charge in [-0.3, -0.25) is 0 Å². The highest BCUT2D eigenvalue weighted by atomic mass is 14.3. The molecule has 2 aliphatic rings. The standard InChI is InChI=1S/C50H38/c1-5-17-35(18-6-1)41-25-13-15-27-43(41)39-29-31-45-47(33-39)49(37-21-9-3-10-22-37)46-32-30-40(34-48(46)50(45)38-23-11-4-12-24-38)44-28-16-14-26-42(44)36-19-7-2-8-20-36/h1-7,9-19,21-27,29-34,44H,8,20,28H2. The maximum atomic E-state index is 2.51. The van der Waals surface area contributed by atoms with Crippen molar-refractivity contribution in [3.63, 3.8) is 0 Å². The number of allylic oxidation sites excluding steroid dienone is 8. The SMILES string of the molecule is C1=CCCC(C2=CC=CCC2c2ccc3c(-c4ccccc4)c4cc(-c5ccccc5-c5ccccc5)ccc4c(-c4ccccc4)c3c2)=C1. The summed E-state index contributed by atoms with van der Waals surface area (Å²) in [6, 6.07) is 56.0. The second-order valence-electron chi connectivity index (χ2n) is 13.5. The van der Waals surface area contributed by atoms with Gasteiger partial charge in [-0.15, -0.1) is 0 Å². The van der Waals surface area contributed by atoms with Gasteiger partial charge in [-0.05, 0) is 114 Å². The zero-order valence-corrected chi connectivity index (χ0v) is 28.1. The fraction of sp³-hybridized carbons (Fsp3) is 0.0800. The third-order valence-corrected chi connectivity index (χ3v) is 10.5. The van der Waals surface area contributed by atoms with Crippen LogP contribution in [0.2, 0.25) is 0 Å². The number of rotatable bonds is 6. The average Bonchev–Trinajstić information content (AvgIpc) is 3.21. The largest absolute Gasteiger partial charge is 0.0842 e. The van der Waals surface area contributed by atoms with Gasteiger partial charge in [0.25, 0.3) is 0 Å². The van der Waals surface area contributed by atoms with Gasteiger partial charge in [-0.2, -0.15) is 0 Å². The maximum absolute atomic E-state index is 2.51. The van der Waals surface area contributed by atoms with Gasteiger partial charge in [-0.25, -0.2) is 0 Å². The fourth-order valence-electron chi connectivity index (χ4n) is 8.19. The van der Waals surface area contributed by atoms with Gasteiger partial charge in [-0.1, -0.05) is 176 Å². The minimum Gasteiger partial charge on any atom is -0.0842 e. The molecule has 2 aliphatic carbocycles. The Morgan fingerprint density at radius 2 is 0.980 bits per heavy atom. The van der Waals surface area contributed by atoms with Gasteiger partial charge in [0.1, 0.15) is 0 Å². The highest BCUT2D eigenvalue weighted by molar-refractivity contribution is 6.22. The molecule has 9 rings (SSSR count). The van der Waals surface area contributed by atoms with Crippen LogP contribution in [0.4, 0.5) is 0 Å². The summed E-state index contributed by atoms with van der Waals surface area (Å²) in [4.78, 5) is 0. The van der Waals surface area contributed by atoms with Crippen molar-refractivity contribution < 1.29 is 0 Å². The van der Waals surface area contributed by atoms with Crippen LogP contribution in [-0.4, -0.2) is 0 Å². The predicted octanol–water partition coefficient (Wildman–Crippen LogP) is 13.9. The van der Waals surface area contributed by atoms with Gasteiger partial charge in [0.2, 0.25) is 0 Å². The Balaban J connectivity index is 1.33. The van der Waals surface area contributed by atoms with Crippen molar-refractivity contribution in [2.24, 2.45) is 0 Å². The van der Waals surface area contributed by atoms with Gasteiger partial charge in [0.05, 0.1) is 0 Å². The first-order chi connectivity index (χ1) is 24.8. The molecular weight excluding hydrogens is 601 g/mol. The number of hydrogen-bond donors (Lipinski definition) is 0. The zero-order valence-electron chi connectivity index (χ0n) is 28.1. The average molecular weight is 639 g/mol. The van der Waals surface area contributed by atoms with Crippen LogP contribution in [0.1, 0.15) is 30.7 Å². The molecule has 0 spiro atoms. The number of fused-ring (bicyclic) bond motifs is 2. The van der Waals surface area contributed by atoms with Gasteiger partial charge < -0.3 is 0 Å². The summed E-state index contributed by atoms with van der Waals surface area (Å²) in [5.74, 6) is 0.332. The molecule has 0 heteroatoms. The van der Waals surface area contributed by atoms with E-state index >= 15 is 0 Å². The van der Waals surface area contributed by atoms with E-state index in [9.17, 15) is 0 Å². The Morgan fingerprint density at radius 3 is 1.62 bits per heavy atom. The van der Waals surface area contributed by atoms with Crippen LogP contribution in [0.25, 0.3) is 66.1 Å². The van der Waals surface area contributed by atoms with Crippen molar-refractivity contribution in [2.75, 3.05) is 0 Å². The molecule has 0 saturated carbocycles. The van der Waals surface area contributed by atoms with Crippen molar-refractivity contribution >= 4 is 21.5 Å². The van der Waals surface area contributed by atoms with Crippen molar-refractivity contribution in [1.29, 1.82) is 0 Å². The minimum absolute atomic E-state index is 0.332. The highest BCUT2D eigenvalue weighted by Crippen LogP contribution is 2.47. The second kappa shape index (κ2) is 13.1. The van der Waals surface area contributed by atoms with Crippen molar-refractivity contribution in [3.05, 3.63) is 205 Å². The van der Waals surface area contributed by atoms with E-state index < -0.39 is 0 Å². The lowest BCUT2D eigenvalue weighted by Crippen LogP contribution is -2.08. The lowest BCUT2D eigenvalue weighted by molar-refractivity contribution is 0.784. The van der Waals surface area contributed by atoms with E-state index in [0.29, 0.717) is 5.92 Å². The quantitative estimate of drug-likeness (QED) is 0.159. The lowest BCUT2D eigenvalue weighted by atomic mass is 9.78. The second-order valence-corrected chi connectivity index (χ2v) is 13.5. The Hall–Kier alpha value is -5.98. The Morgan fingerprint density at radius 1 is 0.420 bits per heavy atom.